The van der Waals surface area contributed by atoms with E-state index in [-0.39, 0.29) is 6.23 Å². The largest absolute Gasteiger partial charge is 0.482 e. The highest BCUT2D eigenvalue weighted by Gasteiger charge is 2.18. The second-order valence-electron chi connectivity index (χ2n) is 1.20. The van der Waals surface area contributed by atoms with Crippen LogP contribution in [0.5, 0.6) is 0 Å². The van der Waals surface area contributed by atoms with E-state index in [4.69, 9.17) is 4.74 Å². The Morgan fingerprint density at radius 2 is 2.67 bits per heavy atom. The van der Waals surface area contributed by atoms with Gasteiger partial charge in [0.05, 0.1) is 6.26 Å². The highest BCUT2D eigenvalue weighted by atomic mass is 16.5. The summed E-state index contributed by atoms with van der Waals surface area (Å²) in [6.45, 7) is 4.36. The van der Waals surface area contributed by atoms with Gasteiger partial charge in [0.15, 0.2) is 6.23 Å². The van der Waals surface area contributed by atoms with Crippen LogP contribution in [0.3, 0.4) is 0 Å². The van der Waals surface area contributed by atoms with Crippen LogP contribution in [-0.2, 0) is 4.74 Å². The molecule has 1 heterocycles. The molecule has 1 aliphatic rings. The van der Waals surface area contributed by atoms with E-state index in [0.717, 1.165) is 6.54 Å². The molecule has 2 heteroatoms. The normalized spacial score (nSPS) is 29.0. The first-order valence-corrected chi connectivity index (χ1v) is 1.93. The van der Waals surface area contributed by atoms with Crippen molar-refractivity contribution < 1.29 is 4.74 Å². The van der Waals surface area contributed by atoms with Gasteiger partial charge >= 0.3 is 0 Å². The highest BCUT2D eigenvalue weighted by molar-refractivity contribution is 4.74. The van der Waals surface area contributed by atoms with Crippen molar-refractivity contribution >= 4 is 0 Å². The van der Waals surface area contributed by atoms with Crippen LogP contribution in [0.2, 0.25) is 0 Å². The smallest absolute Gasteiger partial charge is 0.162 e. The van der Waals surface area contributed by atoms with Crippen LogP contribution in [0, 0.1) is 0 Å². The monoisotopic (exact) mass is 85.1 g/mol. The third-order valence-corrected chi connectivity index (χ3v) is 0.631. The van der Waals surface area contributed by atoms with Crippen molar-refractivity contribution in [2.45, 2.75) is 6.23 Å². The van der Waals surface area contributed by atoms with E-state index < -0.39 is 0 Å². The van der Waals surface area contributed by atoms with E-state index >= 15 is 0 Å². The molecule has 6 heavy (non-hydrogen) atoms. The van der Waals surface area contributed by atoms with Gasteiger partial charge in [-0.1, -0.05) is 6.58 Å². The lowest BCUT2D eigenvalue weighted by atomic mass is 10.9. The zero-order valence-electron chi connectivity index (χ0n) is 3.48. The van der Waals surface area contributed by atoms with E-state index in [2.05, 4.69) is 11.9 Å². The average Bonchev–Trinajstić information content (AvgIpc) is 2.21. The van der Waals surface area contributed by atoms with E-state index in [9.17, 15) is 0 Å². The Labute approximate surface area is 36.8 Å². The maximum Gasteiger partial charge on any atom is 0.162 e. The van der Waals surface area contributed by atoms with Crippen molar-refractivity contribution in [2.24, 2.45) is 0 Å². The molecule has 0 saturated carbocycles. The number of rotatable bonds is 2. The molecule has 1 N–H and O–H groups in total. The lowest BCUT2D eigenvalue weighted by molar-refractivity contribution is 0.231. The van der Waals surface area contributed by atoms with Crippen LogP contribution >= 0.6 is 0 Å². The molecule has 0 amide bonds. The van der Waals surface area contributed by atoms with Crippen LogP contribution in [0.4, 0.5) is 0 Å². The summed E-state index contributed by atoms with van der Waals surface area (Å²) in [7, 11) is 0. The number of hydrogen-bond acceptors (Lipinski definition) is 2. The zero-order chi connectivity index (χ0) is 4.41. The minimum Gasteiger partial charge on any atom is -0.482 e. The Balaban J connectivity index is 2.00. The molecule has 1 aliphatic heterocycles. The quantitative estimate of drug-likeness (QED) is 0.380. The minimum absolute atomic E-state index is 0.280. The Morgan fingerprint density at radius 3 is 2.83 bits per heavy atom. The molecule has 0 spiro atoms. The molecular formula is C4H7NO. The third-order valence-electron chi connectivity index (χ3n) is 0.631. The van der Waals surface area contributed by atoms with Crippen molar-refractivity contribution in [3.8, 4) is 0 Å². The van der Waals surface area contributed by atoms with E-state index in [1.165, 1.54) is 6.26 Å². The standard InChI is InChI=1S/C4H7NO/c1-2-6-4-3-5-4/h2,4-5H,1,3H2. The maximum atomic E-state index is 4.81. The summed E-state index contributed by atoms with van der Waals surface area (Å²) >= 11 is 0. The van der Waals surface area contributed by atoms with Crippen LogP contribution in [0.25, 0.3) is 0 Å². The molecule has 1 rings (SSSR count). The predicted octanol–water partition coefficient (Wildman–Crippen LogP) is 0.0758. The fraction of sp³-hybridized carbons (Fsp3) is 0.500. The van der Waals surface area contributed by atoms with Crippen LogP contribution in [0.1, 0.15) is 0 Å². The molecule has 0 bridgehead atoms. The Kier molecular flexibility index (Phi) is 0.801. The molecule has 0 aromatic carbocycles. The van der Waals surface area contributed by atoms with E-state index in [0.29, 0.717) is 0 Å². The summed E-state index contributed by atoms with van der Waals surface area (Å²) in [6, 6.07) is 0. The fourth-order valence-corrected chi connectivity index (χ4v) is 0.260. The summed E-state index contributed by atoms with van der Waals surface area (Å²) in [5.74, 6) is 0. The van der Waals surface area contributed by atoms with Crippen molar-refractivity contribution in [1.82, 2.24) is 5.32 Å². The molecule has 1 fully saturated rings. The van der Waals surface area contributed by atoms with Gasteiger partial charge in [0.25, 0.3) is 0 Å². The molecule has 1 atom stereocenters. The van der Waals surface area contributed by atoms with Crippen LogP contribution in [-0.4, -0.2) is 12.8 Å². The highest BCUT2D eigenvalue weighted by Crippen LogP contribution is 1.96. The summed E-state index contributed by atoms with van der Waals surface area (Å²) < 4.78 is 4.81. The Morgan fingerprint density at radius 1 is 2.00 bits per heavy atom. The third kappa shape index (κ3) is 0.723. The average molecular weight is 85.1 g/mol. The van der Waals surface area contributed by atoms with Crippen molar-refractivity contribution in [3.05, 3.63) is 12.8 Å². The van der Waals surface area contributed by atoms with Gasteiger partial charge in [-0.3, -0.25) is 5.32 Å². The molecule has 2 nitrogen and oxygen atoms in total. The number of nitrogens with one attached hydrogen (secondary N) is 1. The summed E-state index contributed by atoms with van der Waals surface area (Å²) in [4.78, 5) is 0. The van der Waals surface area contributed by atoms with Gasteiger partial charge in [0.1, 0.15) is 0 Å². The molecular weight excluding hydrogens is 78.0 g/mol. The summed E-state index contributed by atoms with van der Waals surface area (Å²) in [5.41, 5.74) is 0. The molecule has 0 radical (unpaired) electrons. The Bertz CT molecular complexity index is 58.6. The minimum atomic E-state index is 0.280. The SMILES string of the molecule is C=COC1CN1. The molecule has 34 valence electrons. The fourth-order valence-electron chi connectivity index (χ4n) is 0.260. The lowest BCUT2D eigenvalue weighted by Crippen LogP contribution is -1.88. The predicted molar refractivity (Wildman–Crippen MR) is 23.1 cm³/mol. The molecule has 0 aromatic heterocycles. The van der Waals surface area contributed by atoms with Crippen molar-refractivity contribution in [3.63, 3.8) is 0 Å². The Hall–Kier alpha value is -0.500. The zero-order valence-corrected chi connectivity index (χ0v) is 3.48. The van der Waals surface area contributed by atoms with Gasteiger partial charge in [-0.2, -0.15) is 0 Å². The van der Waals surface area contributed by atoms with Gasteiger partial charge < -0.3 is 4.74 Å². The first kappa shape index (κ1) is 3.68. The molecule has 0 aromatic rings. The maximum absolute atomic E-state index is 4.81. The van der Waals surface area contributed by atoms with Gasteiger partial charge in [0, 0.05) is 6.54 Å². The first-order valence-electron chi connectivity index (χ1n) is 1.93. The van der Waals surface area contributed by atoms with Gasteiger partial charge in [-0.25, -0.2) is 0 Å². The topological polar surface area (TPSA) is 31.2 Å². The second-order valence-corrected chi connectivity index (χ2v) is 1.20. The summed E-state index contributed by atoms with van der Waals surface area (Å²) in [5, 5.41) is 2.94. The van der Waals surface area contributed by atoms with E-state index in [1.54, 1.807) is 0 Å². The van der Waals surface area contributed by atoms with E-state index in [1.807, 2.05) is 0 Å². The van der Waals surface area contributed by atoms with Crippen LogP contribution < -0.4 is 5.32 Å². The van der Waals surface area contributed by atoms with Gasteiger partial charge in [-0.15, -0.1) is 0 Å². The summed E-state index contributed by atoms with van der Waals surface area (Å²) in [6.07, 6.45) is 1.73. The van der Waals surface area contributed by atoms with Crippen molar-refractivity contribution in [2.75, 3.05) is 6.54 Å². The molecule has 0 aliphatic carbocycles. The van der Waals surface area contributed by atoms with Crippen LogP contribution in [0.15, 0.2) is 12.8 Å². The van der Waals surface area contributed by atoms with Gasteiger partial charge in [-0.05, 0) is 0 Å². The molecule has 1 unspecified atom stereocenters. The van der Waals surface area contributed by atoms with Gasteiger partial charge in [0.2, 0.25) is 0 Å². The number of ether oxygens (including phenoxy) is 1. The lowest BCUT2D eigenvalue weighted by Gasteiger charge is -1.86. The first-order chi connectivity index (χ1) is 2.93. The molecule has 1 saturated heterocycles. The number of hydrogen-bond donors (Lipinski definition) is 1. The second kappa shape index (κ2) is 1.30. The van der Waals surface area contributed by atoms with Crippen molar-refractivity contribution in [1.29, 1.82) is 0 Å².